The number of methoxy groups -OCH3 is 1. The van der Waals surface area contributed by atoms with Gasteiger partial charge in [-0.05, 0) is 36.1 Å². The second-order valence-corrected chi connectivity index (χ2v) is 5.53. The highest BCUT2D eigenvalue weighted by Gasteiger charge is 2.33. The van der Waals surface area contributed by atoms with Crippen LogP contribution >= 0.6 is 0 Å². The molecule has 112 valence electrons. The molecule has 0 fully saturated rings. The number of fused-ring (bicyclic) bond motifs is 3. The molecule has 0 saturated heterocycles. The molecular formula is C16H20N2O3. The van der Waals surface area contributed by atoms with Crippen LogP contribution in [0.2, 0.25) is 0 Å². The molecule has 3 rings (SSSR count). The number of nitrogens with one attached hydrogen (secondary N) is 2. The Morgan fingerprint density at radius 3 is 2.95 bits per heavy atom. The van der Waals surface area contributed by atoms with Crippen LogP contribution in [0.5, 0.6) is 5.75 Å². The Morgan fingerprint density at radius 1 is 1.48 bits per heavy atom. The lowest BCUT2D eigenvalue weighted by Gasteiger charge is -2.28. The normalized spacial score (nSPS) is 21.2. The van der Waals surface area contributed by atoms with Gasteiger partial charge in [-0.15, -0.1) is 0 Å². The van der Waals surface area contributed by atoms with E-state index in [0.717, 1.165) is 40.8 Å². The highest BCUT2D eigenvalue weighted by molar-refractivity contribution is 5.89. The van der Waals surface area contributed by atoms with Crippen LogP contribution in [0.3, 0.4) is 0 Å². The molecule has 2 unspecified atom stereocenters. The topological polar surface area (TPSA) is 74.4 Å². The molecule has 1 aromatic carbocycles. The van der Waals surface area contributed by atoms with Gasteiger partial charge in [0.2, 0.25) is 0 Å². The van der Waals surface area contributed by atoms with Gasteiger partial charge in [-0.1, -0.05) is 13.3 Å². The number of carbonyl (C=O) groups is 1. The molecule has 21 heavy (non-hydrogen) atoms. The van der Waals surface area contributed by atoms with E-state index in [1.165, 1.54) is 0 Å². The van der Waals surface area contributed by atoms with Crippen LogP contribution in [0.15, 0.2) is 18.2 Å². The van der Waals surface area contributed by atoms with Crippen molar-refractivity contribution in [2.45, 2.75) is 31.7 Å². The largest absolute Gasteiger partial charge is 0.497 e. The van der Waals surface area contributed by atoms with Crippen LogP contribution in [0.4, 0.5) is 0 Å². The molecule has 0 spiro atoms. The minimum absolute atomic E-state index is 0.335. The van der Waals surface area contributed by atoms with Crippen molar-refractivity contribution >= 4 is 16.9 Å². The van der Waals surface area contributed by atoms with Gasteiger partial charge < -0.3 is 14.8 Å². The number of benzene rings is 1. The Morgan fingerprint density at radius 2 is 2.29 bits per heavy atom. The molecule has 2 atom stereocenters. The number of carboxylic acid groups (broad SMARTS) is 1. The summed E-state index contributed by atoms with van der Waals surface area (Å²) in [6.07, 6.45) is 2.11. The number of hydrogen-bond acceptors (Lipinski definition) is 3. The minimum Gasteiger partial charge on any atom is -0.497 e. The molecule has 1 aromatic heterocycles. The standard InChI is InChI=1S/C16H20N2O3/c1-3-4-9-8-17-15(16(19)20)14-13(9)11-7-10(21-2)5-6-12(11)18-14/h5-7,9,15,17-18H,3-4,8H2,1-2H3,(H,19,20). The van der Waals surface area contributed by atoms with Crippen LogP contribution < -0.4 is 10.1 Å². The number of aromatic amines is 1. The van der Waals surface area contributed by atoms with E-state index in [4.69, 9.17) is 4.74 Å². The molecular weight excluding hydrogens is 268 g/mol. The fraction of sp³-hybridized carbons (Fsp3) is 0.438. The number of hydrogen-bond donors (Lipinski definition) is 3. The van der Waals surface area contributed by atoms with Gasteiger partial charge in [-0.3, -0.25) is 10.1 Å². The van der Waals surface area contributed by atoms with Crippen LogP contribution in [0.1, 0.15) is 43.0 Å². The molecule has 3 N–H and O–H groups in total. The van der Waals surface area contributed by atoms with Gasteiger partial charge in [0.15, 0.2) is 0 Å². The molecule has 2 heterocycles. The SMILES string of the molecule is CCCC1CNC(C(=O)O)c2[nH]c3ccc(OC)cc3c21. The fourth-order valence-electron chi connectivity index (χ4n) is 3.28. The first kappa shape index (κ1) is 13.9. The monoisotopic (exact) mass is 288 g/mol. The molecule has 0 amide bonds. The van der Waals surface area contributed by atoms with Gasteiger partial charge in [0.25, 0.3) is 0 Å². The van der Waals surface area contributed by atoms with Crippen LogP contribution in [-0.4, -0.2) is 29.7 Å². The van der Waals surface area contributed by atoms with E-state index in [1.54, 1.807) is 7.11 Å². The molecule has 5 nitrogen and oxygen atoms in total. The smallest absolute Gasteiger partial charge is 0.326 e. The first-order valence-corrected chi connectivity index (χ1v) is 7.31. The van der Waals surface area contributed by atoms with Gasteiger partial charge in [-0.25, -0.2) is 0 Å². The number of aromatic nitrogens is 1. The van der Waals surface area contributed by atoms with E-state index >= 15 is 0 Å². The summed E-state index contributed by atoms with van der Waals surface area (Å²) in [6, 6.07) is 5.18. The van der Waals surface area contributed by atoms with E-state index in [2.05, 4.69) is 17.2 Å². The third-order valence-electron chi connectivity index (χ3n) is 4.23. The van der Waals surface area contributed by atoms with Crippen molar-refractivity contribution in [3.8, 4) is 5.75 Å². The summed E-state index contributed by atoms with van der Waals surface area (Å²) in [6.45, 7) is 2.85. The van der Waals surface area contributed by atoms with E-state index in [1.807, 2.05) is 18.2 Å². The van der Waals surface area contributed by atoms with Crippen molar-refractivity contribution in [1.82, 2.24) is 10.3 Å². The average Bonchev–Trinajstić information content (AvgIpc) is 2.86. The highest BCUT2D eigenvalue weighted by Crippen LogP contribution is 2.39. The lowest BCUT2D eigenvalue weighted by Crippen LogP contribution is -2.37. The molecule has 0 aliphatic carbocycles. The predicted molar refractivity (Wildman–Crippen MR) is 80.9 cm³/mol. The van der Waals surface area contributed by atoms with Crippen molar-refractivity contribution in [2.75, 3.05) is 13.7 Å². The zero-order valence-corrected chi connectivity index (χ0v) is 12.3. The Hall–Kier alpha value is -2.01. The van der Waals surface area contributed by atoms with Gasteiger partial charge in [0, 0.05) is 23.1 Å². The minimum atomic E-state index is -0.843. The van der Waals surface area contributed by atoms with Crippen molar-refractivity contribution < 1.29 is 14.6 Å². The van der Waals surface area contributed by atoms with Gasteiger partial charge in [-0.2, -0.15) is 0 Å². The van der Waals surface area contributed by atoms with Crippen LogP contribution in [0, 0.1) is 0 Å². The maximum absolute atomic E-state index is 11.5. The first-order valence-electron chi connectivity index (χ1n) is 7.31. The molecule has 0 radical (unpaired) electrons. The summed E-state index contributed by atoms with van der Waals surface area (Å²) in [5, 5.41) is 13.6. The Balaban J connectivity index is 2.20. The highest BCUT2D eigenvalue weighted by atomic mass is 16.5. The average molecular weight is 288 g/mol. The van der Waals surface area contributed by atoms with E-state index in [0.29, 0.717) is 12.5 Å². The Kier molecular flexibility index (Phi) is 3.59. The molecule has 2 aromatic rings. The molecule has 0 saturated carbocycles. The summed E-state index contributed by atoms with van der Waals surface area (Å²) in [4.78, 5) is 14.8. The van der Waals surface area contributed by atoms with Gasteiger partial charge in [0.05, 0.1) is 7.11 Å². The lowest BCUT2D eigenvalue weighted by atomic mass is 9.86. The first-order chi connectivity index (χ1) is 10.2. The number of ether oxygens (including phenoxy) is 1. The number of carboxylic acids is 1. The van der Waals surface area contributed by atoms with E-state index in [-0.39, 0.29) is 0 Å². The van der Waals surface area contributed by atoms with Crippen molar-refractivity contribution in [1.29, 1.82) is 0 Å². The van der Waals surface area contributed by atoms with Crippen molar-refractivity contribution in [2.24, 2.45) is 0 Å². The number of H-pyrrole nitrogens is 1. The third-order valence-corrected chi connectivity index (χ3v) is 4.23. The summed E-state index contributed by atoms with van der Waals surface area (Å²) in [5.74, 6) is 0.288. The molecule has 5 heteroatoms. The third kappa shape index (κ3) is 2.27. The summed E-state index contributed by atoms with van der Waals surface area (Å²) >= 11 is 0. The van der Waals surface area contributed by atoms with Crippen LogP contribution in [-0.2, 0) is 4.79 Å². The zero-order valence-electron chi connectivity index (χ0n) is 12.3. The summed E-state index contributed by atoms with van der Waals surface area (Å²) < 4.78 is 5.31. The molecule has 0 bridgehead atoms. The van der Waals surface area contributed by atoms with Gasteiger partial charge in [0.1, 0.15) is 11.8 Å². The molecule has 1 aliphatic rings. The number of rotatable bonds is 4. The Bertz CT molecular complexity index is 677. The second kappa shape index (κ2) is 5.41. The summed E-state index contributed by atoms with van der Waals surface area (Å²) in [7, 11) is 1.64. The van der Waals surface area contributed by atoms with E-state index < -0.39 is 12.0 Å². The van der Waals surface area contributed by atoms with Gasteiger partial charge >= 0.3 is 5.97 Å². The van der Waals surface area contributed by atoms with Crippen LogP contribution in [0.25, 0.3) is 10.9 Å². The zero-order chi connectivity index (χ0) is 15.0. The van der Waals surface area contributed by atoms with E-state index in [9.17, 15) is 9.90 Å². The second-order valence-electron chi connectivity index (χ2n) is 5.53. The predicted octanol–water partition coefficient (Wildman–Crippen LogP) is 2.79. The number of aliphatic carboxylic acids is 1. The fourth-order valence-corrected chi connectivity index (χ4v) is 3.28. The maximum atomic E-state index is 11.5. The van der Waals surface area contributed by atoms with Crippen molar-refractivity contribution in [3.05, 3.63) is 29.5 Å². The maximum Gasteiger partial charge on any atom is 0.326 e. The Labute approximate surface area is 123 Å². The summed E-state index contributed by atoms with van der Waals surface area (Å²) in [5.41, 5.74) is 2.89. The molecule has 1 aliphatic heterocycles. The lowest BCUT2D eigenvalue weighted by molar-refractivity contribution is -0.140. The van der Waals surface area contributed by atoms with Crippen molar-refractivity contribution in [3.63, 3.8) is 0 Å². The quantitative estimate of drug-likeness (QED) is 0.808.